The Hall–Kier alpha value is 0.350. The summed E-state index contributed by atoms with van der Waals surface area (Å²) in [5, 5.41) is 1.92. The largest absolute Gasteiger partial charge is 0.155 e. The van der Waals surface area contributed by atoms with Crippen LogP contribution < -0.4 is 0 Å². The zero-order valence-electron chi connectivity index (χ0n) is 6.84. The zero-order valence-corrected chi connectivity index (χ0v) is 7.66. The highest BCUT2D eigenvalue weighted by Crippen LogP contribution is 2.50. The van der Waals surface area contributed by atoms with Gasteiger partial charge in [0.05, 0.1) is 0 Å². The summed E-state index contributed by atoms with van der Waals surface area (Å²) in [5.74, 6) is 2.17. The second-order valence-electron chi connectivity index (χ2n) is 3.80. The van der Waals surface area contributed by atoms with Crippen molar-refractivity contribution >= 4 is 11.8 Å². The molecule has 58 valence electrons. The normalized spacial score (nSPS) is 53.4. The molecule has 4 unspecified atom stereocenters. The summed E-state index contributed by atoms with van der Waals surface area (Å²) in [4.78, 5) is 0. The van der Waals surface area contributed by atoms with E-state index in [1.807, 2.05) is 0 Å². The van der Waals surface area contributed by atoms with Crippen LogP contribution in [-0.4, -0.2) is 10.5 Å². The lowest BCUT2D eigenvalue weighted by molar-refractivity contribution is 0.413. The Morgan fingerprint density at radius 1 is 1.00 bits per heavy atom. The van der Waals surface area contributed by atoms with Gasteiger partial charge in [-0.15, -0.1) is 0 Å². The van der Waals surface area contributed by atoms with Crippen LogP contribution in [0.2, 0.25) is 0 Å². The quantitative estimate of drug-likeness (QED) is 0.519. The molecular formula is C9H16S. The molecule has 0 radical (unpaired) electrons. The van der Waals surface area contributed by atoms with Gasteiger partial charge in [0.1, 0.15) is 0 Å². The molecule has 0 aromatic carbocycles. The van der Waals surface area contributed by atoms with Crippen LogP contribution in [-0.2, 0) is 0 Å². The standard InChI is InChI=1S/C9H16S/c1-6-8-4-3-5-9(8)7(2)10-6/h6-9H,3-5H2,1-2H3. The molecule has 2 aliphatic rings. The van der Waals surface area contributed by atoms with Crippen molar-refractivity contribution in [2.75, 3.05) is 0 Å². The van der Waals surface area contributed by atoms with Gasteiger partial charge in [-0.05, 0) is 24.7 Å². The molecule has 4 atom stereocenters. The van der Waals surface area contributed by atoms with E-state index in [2.05, 4.69) is 25.6 Å². The van der Waals surface area contributed by atoms with Gasteiger partial charge in [-0.2, -0.15) is 11.8 Å². The van der Waals surface area contributed by atoms with Gasteiger partial charge in [-0.25, -0.2) is 0 Å². The van der Waals surface area contributed by atoms with Gasteiger partial charge in [-0.3, -0.25) is 0 Å². The minimum atomic E-state index is 0.961. The molecule has 2 fully saturated rings. The van der Waals surface area contributed by atoms with E-state index in [0.29, 0.717) is 0 Å². The van der Waals surface area contributed by atoms with E-state index in [4.69, 9.17) is 0 Å². The second-order valence-corrected chi connectivity index (χ2v) is 5.56. The monoisotopic (exact) mass is 156 g/mol. The van der Waals surface area contributed by atoms with Crippen LogP contribution in [0.4, 0.5) is 0 Å². The first-order chi connectivity index (χ1) is 4.79. The Morgan fingerprint density at radius 3 is 2.00 bits per heavy atom. The van der Waals surface area contributed by atoms with Crippen molar-refractivity contribution in [2.45, 2.75) is 43.6 Å². The smallest absolute Gasteiger partial charge is 0.00528 e. The lowest BCUT2D eigenvalue weighted by Gasteiger charge is -2.12. The molecule has 1 saturated heterocycles. The number of hydrogen-bond acceptors (Lipinski definition) is 1. The third-order valence-electron chi connectivity index (χ3n) is 3.26. The van der Waals surface area contributed by atoms with E-state index >= 15 is 0 Å². The molecule has 0 aromatic rings. The van der Waals surface area contributed by atoms with Gasteiger partial charge in [0.15, 0.2) is 0 Å². The molecule has 1 heterocycles. The first-order valence-corrected chi connectivity index (χ1v) is 5.39. The van der Waals surface area contributed by atoms with Crippen molar-refractivity contribution in [3.05, 3.63) is 0 Å². The van der Waals surface area contributed by atoms with E-state index in [-0.39, 0.29) is 0 Å². The molecule has 0 aromatic heterocycles. The van der Waals surface area contributed by atoms with Crippen molar-refractivity contribution in [1.29, 1.82) is 0 Å². The predicted octanol–water partition coefficient (Wildman–Crippen LogP) is 2.93. The average molecular weight is 156 g/mol. The Kier molecular flexibility index (Phi) is 1.71. The lowest BCUT2D eigenvalue weighted by atomic mass is 9.92. The van der Waals surface area contributed by atoms with Crippen LogP contribution in [0, 0.1) is 11.8 Å². The van der Waals surface area contributed by atoms with Gasteiger partial charge >= 0.3 is 0 Å². The van der Waals surface area contributed by atoms with Gasteiger partial charge in [-0.1, -0.05) is 20.3 Å². The van der Waals surface area contributed by atoms with Crippen LogP contribution in [0.1, 0.15) is 33.1 Å². The van der Waals surface area contributed by atoms with Crippen molar-refractivity contribution < 1.29 is 0 Å². The molecule has 0 nitrogen and oxygen atoms in total. The summed E-state index contributed by atoms with van der Waals surface area (Å²) in [6.45, 7) is 4.83. The summed E-state index contributed by atoms with van der Waals surface area (Å²) in [6, 6.07) is 0. The number of rotatable bonds is 0. The van der Waals surface area contributed by atoms with Crippen molar-refractivity contribution in [1.82, 2.24) is 0 Å². The van der Waals surface area contributed by atoms with Crippen LogP contribution in [0.25, 0.3) is 0 Å². The first kappa shape index (κ1) is 7.02. The van der Waals surface area contributed by atoms with Gasteiger partial charge in [0.25, 0.3) is 0 Å². The van der Waals surface area contributed by atoms with Crippen LogP contribution >= 0.6 is 11.8 Å². The maximum atomic E-state index is 2.41. The highest BCUT2D eigenvalue weighted by atomic mass is 32.2. The van der Waals surface area contributed by atoms with E-state index in [1.54, 1.807) is 0 Å². The Morgan fingerprint density at radius 2 is 1.50 bits per heavy atom. The van der Waals surface area contributed by atoms with Crippen molar-refractivity contribution in [3.63, 3.8) is 0 Å². The molecule has 0 bridgehead atoms. The Bertz CT molecular complexity index is 119. The Balaban J connectivity index is 2.11. The lowest BCUT2D eigenvalue weighted by Crippen LogP contribution is -2.12. The fourth-order valence-electron chi connectivity index (χ4n) is 2.72. The summed E-state index contributed by atoms with van der Waals surface area (Å²) in [7, 11) is 0. The van der Waals surface area contributed by atoms with Gasteiger partial charge in [0.2, 0.25) is 0 Å². The molecule has 1 saturated carbocycles. The minimum absolute atomic E-state index is 0.961. The van der Waals surface area contributed by atoms with Gasteiger partial charge in [0, 0.05) is 10.5 Å². The third kappa shape index (κ3) is 0.903. The highest BCUT2D eigenvalue weighted by molar-refractivity contribution is 8.00. The highest BCUT2D eigenvalue weighted by Gasteiger charge is 2.41. The molecule has 1 aliphatic carbocycles. The predicted molar refractivity (Wildman–Crippen MR) is 47.3 cm³/mol. The summed E-state index contributed by atoms with van der Waals surface area (Å²) in [6.07, 6.45) is 4.54. The van der Waals surface area contributed by atoms with Crippen LogP contribution in [0.5, 0.6) is 0 Å². The third-order valence-corrected chi connectivity index (χ3v) is 4.82. The number of thioether (sulfide) groups is 1. The van der Waals surface area contributed by atoms with Crippen molar-refractivity contribution in [2.24, 2.45) is 11.8 Å². The topological polar surface area (TPSA) is 0 Å². The van der Waals surface area contributed by atoms with Gasteiger partial charge < -0.3 is 0 Å². The van der Waals surface area contributed by atoms with Crippen LogP contribution in [0.3, 0.4) is 0 Å². The maximum absolute atomic E-state index is 2.41. The zero-order chi connectivity index (χ0) is 7.14. The average Bonchev–Trinajstić information content (AvgIpc) is 2.39. The van der Waals surface area contributed by atoms with E-state index in [0.717, 1.165) is 22.3 Å². The summed E-state index contributed by atoms with van der Waals surface area (Å²) >= 11 is 2.21. The van der Waals surface area contributed by atoms with E-state index in [9.17, 15) is 0 Å². The van der Waals surface area contributed by atoms with Crippen LogP contribution in [0.15, 0.2) is 0 Å². The molecule has 1 aliphatic heterocycles. The molecule has 0 N–H and O–H groups in total. The first-order valence-electron chi connectivity index (χ1n) is 4.44. The van der Waals surface area contributed by atoms with E-state index < -0.39 is 0 Å². The molecule has 10 heavy (non-hydrogen) atoms. The fourth-order valence-corrected chi connectivity index (χ4v) is 4.48. The number of fused-ring (bicyclic) bond motifs is 1. The molecular weight excluding hydrogens is 140 g/mol. The minimum Gasteiger partial charge on any atom is -0.155 e. The summed E-state index contributed by atoms with van der Waals surface area (Å²) in [5.41, 5.74) is 0. The number of hydrogen-bond donors (Lipinski definition) is 0. The SMILES string of the molecule is CC1SC(C)C2CCCC12. The Labute approximate surface area is 67.8 Å². The molecule has 2 rings (SSSR count). The maximum Gasteiger partial charge on any atom is 0.00528 e. The molecule has 0 spiro atoms. The second kappa shape index (κ2) is 2.44. The van der Waals surface area contributed by atoms with Crippen molar-refractivity contribution in [3.8, 4) is 0 Å². The molecule has 0 amide bonds. The summed E-state index contributed by atoms with van der Waals surface area (Å²) < 4.78 is 0. The fraction of sp³-hybridized carbons (Fsp3) is 1.00. The van der Waals surface area contributed by atoms with E-state index in [1.165, 1.54) is 19.3 Å². The molecule has 1 heteroatoms.